The second-order valence-electron chi connectivity index (χ2n) is 11.8. The number of esters is 1. The van der Waals surface area contributed by atoms with Crippen LogP contribution >= 0.6 is 11.6 Å². The Labute approximate surface area is 220 Å². The molecule has 0 aromatic rings. The fraction of sp³-hybridized carbons (Fsp3) is 0.750. The topological polar surface area (TPSA) is 80.7 Å². The van der Waals surface area contributed by atoms with Gasteiger partial charge in [0.2, 0.25) is 5.78 Å². The number of allylic oxidation sites excluding steroid dienone is 4. The maximum absolute atomic E-state index is 17.3. The van der Waals surface area contributed by atoms with Crippen molar-refractivity contribution in [2.45, 2.75) is 96.2 Å². The number of unbranched alkanes of at least 4 members (excludes halogenated alkanes) is 2. The van der Waals surface area contributed by atoms with Crippen LogP contribution in [0.5, 0.6) is 0 Å². The molecule has 0 unspecified atom stereocenters. The zero-order valence-corrected chi connectivity index (χ0v) is 22.5. The van der Waals surface area contributed by atoms with Gasteiger partial charge < -0.3 is 9.84 Å². The number of ketones is 2. The van der Waals surface area contributed by atoms with E-state index < -0.39 is 93.4 Å². The summed E-state index contributed by atoms with van der Waals surface area (Å²) in [6, 6.07) is 0. The van der Waals surface area contributed by atoms with Gasteiger partial charge in [0.15, 0.2) is 22.9 Å². The van der Waals surface area contributed by atoms with Crippen molar-refractivity contribution < 1.29 is 37.4 Å². The second kappa shape index (κ2) is 9.51. The third kappa shape index (κ3) is 3.64. The summed E-state index contributed by atoms with van der Waals surface area (Å²) in [4.78, 5) is 38.4. The van der Waals surface area contributed by atoms with Crippen LogP contribution in [0.15, 0.2) is 23.6 Å². The minimum atomic E-state index is -2.51. The van der Waals surface area contributed by atoms with Crippen LogP contribution in [-0.2, 0) is 19.1 Å². The number of hydrogen-bond donors (Lipinski definition) is 1. The van der Waals surface area contributed by atoms with E-state index in [-0.39, 0.29) is 19.3 Å². The van der Waals surface area contributed by atoms with Crippen LogP contribution in [0.4, 0.5) is 13.2 Å². The van der Waals surface area contributed by atoms with Crippen LogP contribution in [-0.4, -0.2) is 52.1 Å². The van der Waals surface area contributed by atoms with Crippen LogP contribution in [0, 0.1) is 28.6 Å². The Morgan fingerprint density at radius 3 is 2.51 bits per heavy atom. The molecule has 0 aliphatic heterocycles. The van der Waals surface area contributed by atoms with Crippen molar-refractivity contribution in [2.24, 2.45) is 28.6 Å². The Hall–Kier alpha value is -1.67. The first-order chi connectivity index (χ1) is 17.3. The fourth-order valence-corrected chi connectivity index (χ4v) is 8.53. The smallest absolute Gasteiger partial charge is 0.306 e. The number of carbonyl (C=O) groups is 3. The zero-order chi connectivity index (χ0) is 27.6. The first-order valence-electron chi connectivity index (χ1n) is 13.2. The van der Waals surface area contributed by atoms with Gasteiger partial charge in [0.25, 0.3) is 0 Å². The van der Waals surface area contributed by atoms with Crippen LogP contribution in [0.1, 0.15) is 72.6 Å². The molecule has 0 bridgehead atoms. The third-order valence-corrected chi connectivity index (χ3v) is 10.3. The van der Waals surface area contributed by atoms with Crippen LogP contribution in [0.3, 0.4) is 0 Å². The average Bonchev–Trinajstić information content (AvgIpc) is 3.05. The lowest BCUT2D eigenvalue weighted by Gasteiger charge is -2.63. The van der Waals surface area contributed by atoms with E-state index in [4.69, 9.17) is 16.3 Å². The SMILES string of the molecule is CCCCCC(=O)O[C@]1(C(=O)CCl)[C@@H](C)C[C@H]2[C@@H]3C[C@H](F)C4=C(F)C(=O)C=C[C@]4(C)[C@@]3(F)[C@@H](O)C[C@@]21C. The molecule has 0 saturated heterocycles. The summed E-state index contributed by atoms with van der Waals surface area (Å²) in [5.74, 6) is -6.23. The third-order valence-electron chi connectivity index (χ3n) is 10.0. The molecule has 9 atom stereocenters. The fourth-order valence-electron chi connectivity index (χ4n) is 8.33. The lowest BCUT2D eigenvalue weighted by molar-refractivity contribution is -0.230. The second-order valence-corrected chi connectivity index (χ2v) is 12.1. The van der Waals surface area contributed by atoms with Crippen molar-refractivity contribution in [3.05, 3.63) is 23.6 Å². The molecule has 0 amide bonds. The summed E-state index contributed by atoms with van der Waals surface area (Å²) in [6.45, 7) is 6.74. The molecule has 4 aliphatic rings. The molecular weight excluding hydrogens is 509 g/mol. The van der Waals surface area contributed by atoms with Crippen molar-refractivity contribution in [3.63, 3.8) is 0 Å². The molecular formula is C28H36ClF3O5. The number of carbonyl (C=O) groups excluding carboxylic acids is 3. The minimum absolute atomic E-state index is 0.106. The molecule has 3 saturated carbocycles. The van der Waals surface area contributed by atoms with E-state index in [2.05, 4.69) is 0 Å². The van der Waals surface area contributed by atoms with E-state index in [0.717, 1.165) is 18.9 Å². The van der Waals surface area contributed by atoms with Crippen molar-refractivity contribution in [3.8, 4) is 0 Å². The number of halogens is 4. The van der Waals surface area contributed by atoms with Crippen LogP contribution in [0.25, 0.3) is 0 Å². The molecule has 206 valence electrons. The summed E-state index contributed by atoms with van der Waals surface area (Å²) in [6.07, 6.45) is 0.254. The van der Waals surface area contributed by atoms with E-state index in [0.29, 0.717) is 6.42 Å². The van der Waals surface area contributed by atoms with Crippen molar-refractivity contribution >= 4 is 29.1 Å². The van der Waals surface area contributed by atoms with Gasteiger partial charge in [-0.05, 0) is 44.6 Å². The molecule has 0 spiro atoms. The monoisotopic (exact) mass is 544 g/mol. The van der Waals surface area contributed by atoms with E-state index in [1.807, 2.05) is 6.92 Å². The Bertz CT molecular complexity index is 1060. The molecule has 5 nitrogen and oxygen atoms in total. The van der Waals surface area contributed by atoms with Crippen molar-refractivity contribution in [2.75, 3.05) is 5.88 Å². The van der Waals surface area contributed by atoms with Gasteiger partial charge in [-0.25, -0.2) is 13.2 Å². The Morgan fingerprint density at radius 2 is 1.89 bits per heavy atom. The molecule has 37 heavy (non-hydrogen) atoms. The molecule has 0 radical (unpaired) electrons. The van der Waals surface area contributed by atoms with Gasteiger partial charge in [-0.15, -0.1) is 11.6 Å². The number of ether oxygens (including phenoxy) is 1. The Kier molecular flexibility index (Phi) is 7.28. The number of alkyl halides is 3. The number of rotatable bonds is 7. The predicted octanol–water partition coefficient (Wildman–Crippen LogP) is 5.52. The number of hydrogen-bond acceptors (Lipinski definition) is 5. The highest BCUT2D eigenvalue weighted by atomic mass is 35.5. The summed E-state index contributed by atoms with van der Waals surface area (Å²) in [5.41, 5.74) is -7.91. The standard InChI is InChI=1S/C28H36ClF3O5/c1-5-6-7-8-22(36)37-28(21(35)14-29)15(2)11-16-17-12-18(30)23-24(31)19(33)9-10-25(23,3)27(17,32)20(34)13-26(16,28)4/h9-10,15-18,20,34H,5-8,11-14H2,1-4H3/t15-,16-,17-,18-,20-,25-,26-,27-,28-/m0/s1. The van der Waals surface area contributed by atoms with E-state index in [1.165, 1.54) is 13.0 Å². The maximum atomic E-state index is 17.3. The Morgan fingerprint density at radius 1 is 1.22 bits per heavy atom. The highest BCUT2D eigenvalue weighted by molar-refractivity contribution is 6.29. The lowest BCUT2D eigenvalue weighted by Crippen LogP contribution is -2.71. The van der Waals surface area contributed by atoms with Crippen LogP contribution in [0.2, 0.25) is 0 Å². The van der Waals surface area contributed by atoms with E-state index in [9.17, 15) is 23.9 Å². The minimum Gasteiger partial charge on any atom is -0.450 e. The molecule has 9 heteroatoms. The van der Waals surface area contributed by atoms with E-state index >= 15 is 8.78 Å². The van der Waals surface area contributed by atoms with Crippen molar-refractivity contribution in [1.82, 2.24) is 0 Å². The van der Waals surface area contributed by atoms with Gasteiger partial charge in [0, 0.05) is 34.7 Å². The first-order valence-corrected chi connectivity index (χ1v) is 13.8. The highest BCUT2D eigenvalue weighted by Gasteiger charge is 2.78. The maximum Gasteiger partial charge on any atom is 0.306 e. The summed E-state index contributed by atoms with van der Waals surface area (Å²) in [5, 5.41) is 11.5. The molecule has 4 rings (SSSR count). The van der Waals surface area contributed by atoms with Gasteiger partial charge in [-0.2, -0.15) is 0 Å². The first kappa shape index (κ1) is 28.3. The predicted molar refractivity (Wildman–Crippen MR) is 132 cm³/mol. The van der Waals surface area contributed by atoms with Crippen molar-refractivity contribution in [1.29, 1.82) is 0 Å². The number of Topliss-reactive ketones (excluding diaryl/α,β-unsaturated/α-hetero) is 1. The molecule has 0 aromatic heterocycles. The zero-order valence-electron chi connectivity index (χ0n) is 21.8. The number of aliphatic hydroxyl groups is 1. The van der Waals surface area contributed by atoms with Crippen LogP contribution < -0.4 is 0 Å². The van der Waals surface area contributed by atoms with Gasteiger partial charge in [-0.3, -0.25) is 14.4 Å². The van der Waals surface area contributed by atoms with E-state index in [1.54, 1.807) is 13.8 Å². The molecule has 3 fully saturated rings. The number of aliphatic hydroxyl groups excluding tert-OH is 1. The lowest BCUT2D eigenvalue weighted by atomic mass is 9.44. The average molecular weight is 545 g/mol. The summed E-state index contributed by atoms with van der Waals surface area (Å²) < 4.78 is 53.9. The van der Waals surface area contributed by atoms with Gasteiger partial charge in [0.1, 0.15) is 6.17 Å². The van der Waals surface area contributed by atoms with Gasteiger partial charge in [-0.1, -0.05) is 39.7 Å². The number of fused-ring (bicyclic) bond motifs is 5. The molecule has 1 N–H and O–H groups in total. The molecule has 0 aromatic carbocycles. The van der Waals surface area contributed by atoms with Gasteiger partial charge >= 0.3 is 5.97 Å². The normalized spacial score (nSPS) is 44.8. The highest BCUT2D eigenvalue weighted by Crippen LogP contribution is 2.72. The molecule has 4 aliphatic carbocycles. The summed E-state index contributed by atoms with van der Waals surface area (Å²) in [7, 11) is 0. The summed E-state index contributed by atoms with van der Waals surface area (Å²) >= 11 is 6.03. The quantitative estimate of drug-likeness (QED) is 0.259. The van der Waals surface area contributed by atoms with Gasteiger partial charge in [0.05, 0.1) is 12.0 Å². The largest absolute Gasteiger partial charge is 0.450 e. The Balaban J connectivity index is 1.81. The molecule has 0 heterocycles.